The molecule has 8 nitrogen and oxygen atoms in total. The Kier molecular flexibility index (Phi) is 5.58. The van der Waals surface area contributed by atoms with Crippen molar-refractivity contribution >= 4 is 32.8 Å². The Morgan fingerprint density at radius 3 is 2.62 bits per heavy atom. The van der Waals surface area contributed by atoms with Crippen molar-refractivity contribution in [3.05, 3.63) is 30.2 Å². The number of para-hydroxylation sites is 2. The molecular formula is C20H24N2O6S. The van der Waals surface area contributed by atoms with Gasteiger partial charge < -0.3 is 14.1 Å². The number of likely N-dealkylation sites (tertiary alicyclic amines) is 1. The molecule has 1 amide bonds. The first-order chi connectivity index (χ1) is 13.9. The molecule has 156 valence electrons. The number of esters is 1. The van der Waals surface area contributed by atoms with E-state index in [-0.39, 0.29) is 42.3 Å². The first kappa shape index (κ1) is 19.9. The van der Waals surface area contributed by atoms with Gasteiger partial charge in [-0.05, 0) is 37.3 Å². The highest BCUT2D eigenvalue weighted by atomic mass is 32.2. The van der Waals surface area contributed by atoms with Crippen LogP contribution in [0.3, 0.4) is 0 Å². The Morgan fingerprint density at radius 2 is 1.93 bits per heavy atom. The van der Waals surface area contributed by atoms with Gasteiger partial charge in [0.25, 0.3) is 5.91 Å². The van der Waals surface area contributed by atoms with E-state index in [4.69, 9.17) is 9.15 Å². The van der Waals surface area contributed by atoms with Crippen molar-refractivity contribution in [2.45, 2.75) is 31.6 Å². The van der Waals surface area contributed by atoms with Crippen LogP contribution in [0.25, 0.3) is 11.1 Å². The van der Waals surface area contributed by atoms with Gasteiger partial charge in [0, 0.05) is 25.4 Å². The molecule has 0 bridgehead atoms. The summed E-state index contributed by atoms with van der Waals surface area (Å²) in [5, 5.41) is 0. The Labute approximate surface area is 169 Å². The quantitative estimate of drug-likeness (QED) is 0.680. The standard InChI is InChI=1S/C20H24N2O6S/c23-18(12-27-19(24)11-14-7-10-29(25,26)13-14)22-8-5-15(6-9-22)20-21-16-3-1-2-4-17(16)28-20/h1-4,14-15H,5-13H2/t14-/m1/s1. The van der Waals surface area contributed by atoms with Gasteiger partial charge >= 0.3 is 5.97 Å². The SMILES string of the molecule is O=C(C[C@H]1CCS(=O)(=O)C1)OCC(=O)N1CCC(c2nc3ccccc3o2)CC1. The predicted octanol–water partition coefficient (Wildman–Crippen LogP) is 1.90. The average Bonchev–Trinajstić information content (AvgIpc) is 3.29. The van der Waals surface area contributed by atoms with Crippen LogP contribution in [-0.2, 0) is 24.2 Å². The monoisotopic (exact) mass is 420 g/mol. The van der Waals surface area contributed by atoms with Crippen LogP contribution in [0.4, 0.5) is 0 Å². The van der Waals surface area contributed by atoms with Crippen molar-refractivity contribution in [1.82, 2.24) is 9.88 Å². The van der Waals surface area contributed by atoms with Crippen LogP contribution in [0.5, 0.6) is 0 Å². The molecule has 0 unspecified atom stereocenters. The number of ether oxygens (including phenoxy) is 1. The molecule has 1 aromatic heterocycles. The normalized spacial score (nSPS) is 22.1. The molecule has 1 atom stereocenters. The van der Waals surface area contributed by atoms with E-state index in [1.165, 1.54) is 0 Å². The van der Waals surface area contributed by atoms with Gasteiger partial charge in [0.2, 0.25) is 0 Å². The van der Waals surface area contributed by atoms with Crippen molar-refractivity contribution in [3.8, 4) is 0 Å². The largest absolute Gasteiger partial charge is 0.456 e. The highest BCUT2D eigenvalue weighted by Crippen LogP contribution is 2.30. The van der Waals surface area contributed by atoms with Gasteiger partial charge in [-0.1, -0.05) is 12.1 Å². The van der Waals surface area contributed by atoms with Crippen LogP contribution in [-0.4, -0.2) is 61.4 Å². The number of rotatable bonds is 5. The molecule has 0 aliphatic carbocycles. The fourth-order valence-electron chi connectivity index (χ4n) is 4.00. The summed E-state index contributed by atoms with van der Waals surface area (Å²) in [6.45, 7) is 0.813. The molecule has 4 rings (SSSR count). The first-order valence-corrected chi connectivity index (χ1v) is 11.7. The van der Waals surface area contributed by atoms with Gasteiger partial charge in [0.1, 0.15) is 5.52 Å². The van der Waals surface area contributed by atoms with Gasteiger partial charge in [0.05, 0.1) is 11.5 Å². The number of piperidine rings is 1. The third-order valence-corrected chi connectivity index (χ3v) is 7.48. The van der Waals surface area contributed by atoms with Gasteiger partial charge in [-0.2, -0.15) is 0 Å². The highest BCUT2D eigenvalue weighted by Gasteiger charge is 2.31. The molecule has 0 saturated carbocycles. The number of sulfone groups is 1. The van der Waals surface area contributed by atoms with E-state index in [0.29, 0.717) is 25.4 Å². The Balaban J connectivity index is 1.22. The predicted molar refractivity (Wildman–Crippen MR) is 105 cm³/mol. The Morgan fingerprint density at radius 1 is 1.17 bits per heavy atom. The summed E-state index contributed by atoms with van der Waals surface area (Å²) in [7, 11) is -3.02. The second-order valence-electron chi connectivity index (χ2n) is 7.81. The van der Waals surface area contributed by atoms with E-state index in [2.05, 4.69) is 4.98 Å². The average molecular weight is 420 g/mol. The molecule has 2 aliphatic heterocycles. The number of aromatic nitrogens is 1. The molecule has 0 radical (unpaired) electrons. The molecule has 2 saturated heterocycles. The van der Waals surface area contributed by atoms with Crippen LogP contribution < -0.4 is 0 Å². The number of hydrogen-bond donors (Lipinski definition) is 0. The minimum Gasteiger partial charge on any atom is -0.456 e. The maximum absolute atomic E-state index is 12.3. The number of benzene rings is 1. The minimum atomic E-state index is -3.02. The van der Waals surface area contributed by atoms with Crippen LogP contribution >= 0.6 is 0 Å². The van der Waals surface area contributed by atoms with Crippen molar-refractivity contribution in [2.24, 2.45) is 5.92 Å². The fraction of sp³-hybridized carbons (Fsp3) is 0.550. The molecule has 9 heteroatoms. The van der Waals surface area contributed by atoms with Gasteiger partial charge in [-0.25, -0.2) is 13.4 Å². The summed E-state index contributed by atoms with van der Waals surface area (Å²) >= 11 is 0. The summed E-state index contributed by atoms with van der Waals surface area (Å²) < 4.78 is 33.8. The van der Waals surface area contributed by atoms with Crippen LogP contribution in [0.2, 0.25) is 0 Å². The molecular weight excluding hydrogens is 396 g/mol. The fourth-order valence-corrected chi connectivity index (χ4v) is 5.86. The van der Waals surface area contributed by atoms with E-state index in [1.807, 2.05) is 24.3 Å². The Hall–Kier alpha value is -2.42. The lowest BCUT2D eigenvalue weighted by molar-refractivity contribution is -0.153. The third kappa shape index (κ3) is 4.77. The summed E-state index contributed by atoms with van der Waals surface area (Å²) in [5.74, 6) is 0.0811. The summed E-state index contributed by atoms with van der Waals surface area (Å²) in [5.41, 5.74) is 1.60. The lowest BCUT2D eigenvalue weighted by Crippen LogP contribution is -2.40. The maximum atomic E-state index is 12.3. The molecule has 0 N–H and O–H groups in total. The van der Waals surface area contributed by atoms with E-state index in [1.54, 1.807) is 4.90 Å². The topological polar surface area (TPSA) is 107 Å². The number of carbonyl (C=O) groups excluding carboxylic acids is 2. The molecule has 1 aromatic carbocycles. The van der Waals surface area contributed by atoms with Crippen molar-refractivity contribution in [2.75, 3.05) is 31.2 Å². The summed E-state index contributed by atoms with van der Waals surface area (Å²) in [6, 6.07) is 7.63. The zero-order valence-corrected chi connectivity index (χ0v) is 16.9. The van der Waals surface area contributed by atoms with Crippen molar-refractivity contribution < 1.29 is 27.2 Å². The third-order valence-electron chi connectivity index (χ3n) is 5.65. The van der Waals surface area contributed by atoms with E-state index < -0.39 is 15.8 Å². The number of nitrogens with zero attached hydrogens (tertiary/aromatic N) is 2. The first-order valence-electron chi connectivity index (χ1n) is 9.89. The molecule has 0 spiro atoms. The Bertz CT molecular complexity index is 974. The molecule has 2 aliphatic rings. The highest BCUT2D eigenvalue weighted by molar-refractivity contribution is 7.91. The van der Waals surface area contributed by atoms with Crippen LogP contribution in [0, 0.1) is 5.92 Å². The number of oxazole rings is 1. The minimum absolute atomic E-state index is 0.0272. The summed E-state index contributed by atoms with van der Waals surface area (Å²) in [4.78, 5) is 30.5. The van der Waals surface area contributed by atoms with Gasteiger partial charge in [-0.15, -0.1) is 0 Å². The van der Waals surface area contributed by atoms with Gasteiger partial charge in [-0.3, -0.25) is 9.59 Å². The van der Waals surface area contributed by atoms with Crippen molar-refractivity contribution in [1.29, 1.82) is 0 Å². The smallest absolute Gasteiger partial charge is 0.306 e. The molecule has 3 heterocycles. The maximum Gasteiger partial charge on any atom is 0.306 e. The number of amides is 1. The number of hydrogen-bond acceptors (Lipinski definition) is 7. The molecule has 2 aromatic rings. The molecule has 29 heavy (non-hydrogen) atoms. The van der Waals surface area contributed by atoms with Crippen molar-refractivity contribution in [3.63, 3.8) is 0 Å². The van der Waals surface area contributed by atoms with E-state index in [9.17, 15) is 18.0 Å². The second-order valence-corrected chi connectivity index (χ2v) is 10.0. The molecule has 2 fully saturated rings. The van der Waals surface area contributed by atoms with E-state index >= 15 is 0 Å². The van der Waals surface area contributed by atoms with Crippen LogP contribution in [0.1, 0.15) is 37.5 Å². The van der Waals surface area contributed by atoms with Gasteiger partial charge in [0.15, 0.2) is 27.9 Å². The van der Waals surface area contributed by atoms with Crippen LogP contribution in [0.15, 0.2) is 28.7 Å². The zero-order chi connectivity index (χ0) is 20.4. The number of carbonyl (C=O) groups is 2. The summed E-state index contributed by atoms with van der Waals surface area (Å²) in [6.07, 6.45) is 2.01. The lowest BCUT2D eigenvalue weighted by atomic mass is 9.97. The van der Waals surface area contributed by atoms with E-state index in [0.717, 1.165) is 23.9 Å². The lowest BCUT2D eigenvalue weighted by Gasteiger charge is -2.30. The zero-order valence-electron chi connectivity index (χ0n) is 16.1. The number of fused-ring (bicyclic) bond motifs is 1. The second kappa shape index (κ2) is 8.14.